The summed E-state index contributed by atoms with van der Waals surface area (Å²) in [6.07, 6.45) is 0. The van der Waals surface area contributed by atoms with Gasteiger partial charge in [0.25, 0.3) is 0 Å². The van der Waals surface area contributed by atoms with Crippen molar-refractivity contribution in [3.05, 3.63) is 30.3 Å². The number of benzene rings is 1. The van der Waals surface area contributed by atoms with E-state index in [1.807, 2.05) is 30.3 Å². The number of rotatable bonds is 4. The standard InChI is InChI=1S/C10H13NO2/c1-8(10(13)7-12)11-9-5-3-2-4-6-9/h2-6,8,11-12H,7H2,1H3/t8-/m0/s1. The Morgan fingerprint density at radius 1 is 1.46 bits per heavy atom. The van der Waals surface area contributed by atoms with Crippen molar-refractivity contribution in [2.75, 3.05) is 11.9 Å². The average molecular weight is 179 g/mol. The lowest BCUT2D eigenvalue weighted by atomic mass is 10.2. The van der Waals surface area contributed by atoms with Gasteiger partial charge in [0.15, 0.2) is 5.78 Å². The van der Waals surface area contributed by atoms with Crippen molar-refractivity contribution in [2.24, 2.45) is 0 Å². The van der Waals surface area contributed by atoms with Crippen molar-refractivity contribution in [1.82, 2.24) is 0 Å². The predicted octanol–water partition coefficient (Wildman–Crippen LogP) is 1.05. The van der Waals surface area contributed by atoms with Gasteiger partial charge in [0, 0.05) is 5.69 Å². The van der Waals surface area contributed by atoms with Gasteiger partial charge in [0.2, 0.25) is 0 Å². The molecule has 2 N–H and O–H groups in total. The number of Topliss-reactive ketones (excluding diaryl/α,β-unsaturated/α-hetero) is 1. The van der Waals surface area contributed by atoms with E-state index < -0.39 is 6.61 Å². The van der Waals surface area contributed by atoms with Gasteiger partial charge in [0.05, 0.1) is 6.04 Å². The van der Waals surface area contributed by atoms with Crippen LogP contribution < -0.4 is 5.32 Å². The number of aliphatic hydroxyl groups excluding tert-OH is 1. The highest BCUT2D eigenvalue weighted by atomic mass is 16.3. The maximum atomic E-state index is 11.0. The van der Waals surface area contributed by atoms with Crippen LogP contribution in [0.1, 0.15) is 6.92 Å². The molecule has 0 heterocycles. The quantitative estimate of drug-likeness (QED) is 0.726. The van der Waals surface area contributed by atoms with E-state index >= 15 is 0 Å². The topological polar surface area (TPSA) is 49.3 Å². The second kappa shape index (κ2) is 4.62. The molecule has 0 radical (unpaired) electrons. The molecule has 1 rings (SSSR count). The van der Waals surface area contributed by atoms with Gasteiger partial charge in [-0.2, -0.15) is 0 Å². The number of carbonyl (C=O) groups excluding carboxylic acids is 1. The summed E-state index contributed by atoms with van der Waals surface area (Å²) in [4.78, 5) is 11.0. The Morgan fingerprint density at radius 3 is 2.62 bits per heavy atom. The zero-order valence-electron chi connectivity index (χ0n) is 7.53. The molecule has 70 valence electrons. The molecule has 0 saturated carbocycles. The first-order valence-electron chi connectivity index (χ1n) is 4.19. The number of hydrogen-bond acceptors (Lipinski definition) is 3. The summed E-state index contributed by atoms with van der Waals surface area (Å²) in [6.45, 7) is 1.31. The van der Waals surface area contributed by atoms with Gasteiger partial charge in [-0.3, -0.25) is 4.79 Å². The van der Waals surface area contributed by atoms with Crippen molar-refractivity contribution in [3.8, 4) is 0 Å². The molecule has 0 spiro atoms. The molecular weight excluding hydrogens is 166 g/mol. The van der Waals surface area contributed by atoms with Crippen LogP contribution in [-0.4, -0.2) is 23.5 Å². The van der Waals surface area contributed by atoms with E-state index in [0.29, 0.717) is 0 Å². The Kier molecular flexibility index (Phi) is 3.46. The summed E-state index contributed by atoms with van der Waals surface area (Å²) in [5, 5.41) is 11.6. The molecule has 0 saturated heterocycles. The molecule has 0 aliphatic carbocycles. The predicted molar refractivity (Wildman–Crippen MR) is 51.6 cm³/mol. The molecule has 1 aromatic carbocycles. The van der Waals surface area contributed by atoms with Crippen LogP contribution in [0.2, 0.25) is 0 Å². The summed E-state index contributed by atoms with van der Waals surface area (Å²) >= 11 is 0. The second-order valence-corrected chi connectivity index (χ2v) is 2.86. The number of anilines is 1. The summed E-state index contributed by atoms with van der Waals surface area (Å²) in [7, 11) is 0. The van der Waals surface area contributed by atoms with Gasteiger partial charge in [-0.05, 0) is 19.1 Å². The molecule has 0 amide bonds. The van der Waals surface area contributed by atoms with Crippen LogP contribution in [0.4, 0.5) is 5.69 Å². The second-order valence-electron chi connectivity index (χ2n) is 2.86. The fourth-order valence-corrected chi connectivity index (χ4v) is 1.00. The molecule has 0 bridgehead atoms. The number of aliphatic hydroxyl groups is 1. The van der Waals surface area contributed by atoms with E-state index in [0.717, 1.165) is 5.69 Å². The van der Waals surface area contributed by atoms with Crippen LogP contribution in [0, 0.1) is 0 Å². The molecule has 0 unspecified atom stereocenters. The number of nitrogens with one attached hydrogen (secondary N) is 1. The van der Waals surface area contributed by atoms with E-state index in [1.165, 1.54) is 0 Å². The number of hydrogen-bond donors (Lipinski definition) is 2. The van der Waals surface area contributed by atoms with E-state index in [4.69, 9.17) is 5.11 Å². The summed E-state index contributed by atoms with van der Waals surface area (Å²) in [5.41, 5.74) is 0.886. The largest absolute Gasteiger partial charge is 0.389 e. The minimum Gasteiger partial charge on any atom is -0.389 e. The Balaban J connectivity index is 2.55. The third-order valence-electron chi connectivity index (χ3n) is 1.80. The summed E-state index contributed by atoms with van der Waals surface area (Å²) in [5.74, 6) is -0.205. The van der Waals surface area contributed by atoms with Crippen molar-refractivity contribution in [1.29, 1.82) is 0 Å². The van der Waals surface area contributed by atoms with Gasteiger partial charge < -0.3 is 10.4 Å². The van der Waals surface area contributed by atoms with Crippen molar-refractivity contribution >= 4 is 11.5 Å². The van der Waals surface area contributed by atoms with E-state index in [1.54, 1.807) is 6.92 Å². The Hall–Kier alpha value is -1.35. The lowest BCUT2D eigenvalue weighted by Gasteiger charge is -2.12. The van der Waals surface area contributed by atoms with Gasteiger partial charge in [-0.15, -0.1) is 0 Å². The Labute approximate surface area is 77.4 Å². The molecule has 0 aromatic heterocycles. The first-order chi connectivity index (χ1) is 6.24. The van der Waals surface area contributed by atoms with Crippen LogP contribution in [-0.2, 0) is 4.79 Å². The average Bonchev–Trinajstić information content (AvgIpc) is 2.18. The zero-order valence-corrected chi connectivity index (χ0v) is 7.53. The number of carbonyl (C=O) groups is 1. The minimum atomic E-state index is -0.416. The molecule has 3 heteroatoms. The van der Waals surface area contributed by atoms with E-state index in [2.05, 4.69) is 5.32 Å². The van der Waals surface area contributed by atoms with Crippen LogP contribution in [0.25, 0.3) is 0 Å². The molecule has 0 fully saturated rings. The van der Waals surface area contributed by atoms with Crippen LogP contribution in [0.3, 0.4) is 0 Å². The van der Waals surface area contributed by atoms with Crippen molar-refractivity contribution in [3.63, 3.8) is 0 Å². The van der Waals surface area contributed by atoms with Crippen LogP contribution >= 0.6 is 0 Å². The first kappa shape index (κ1) is 9.74. The molecule has 1 atom stereocenters. The third kappa shape index (κ3) is 2.87. The first-order valence-corrected chi connectivity index (χ1v) is 4.19. The smallest absolute Gasteiger partial charge is 0.179 e. The van der Waals surface area contributed by atoms with Crippen LogP contribution in [0.5, 0.6) is 0 Å². The lowest BCUT2D eigenvalue weighted by molar-refractivity contribution is -0.122. The number of ketones is 1. The molecule has 13 heavy (non-hydrogen) atoms. The lowest BCUT2D eigenvalue weighted by Crippen LogP contribution is -2.28. The van der Waals surface area contributed by atoms with Gasteiger partial charge >= 0.3 is 0 Å². The van der Waals surface area contributed by atoms with E-state index in [-0.39, 0.29) is 11.8 Å². The Bertz CT molecular complexity index is 272. The highest BCUT2D eigenvalue weighted by molar-refractivity contribution is 5.87. The molecular formula is C10H13NO2. The summed E-state index contributed by atoms with van der Waals surface area (Å²) < 4.78 is 0. The van der Waals surface area contributed by atoms with Gasteiger partial charge in [-0.1, -0.05) is 18.2 Å². The van der Waals surface area contributed by atoms with Crippen LogP contribution in [0.15, 0.2) is 30.3 Å². The molecule has 0 aliphatic rings. The molecule has 1 aromatic rings. The summed E-state index contributed by atoms with van der Waals surface area (Å²) in [6, 6.07) is 9.09. The Morgan fingerprint density at radius 2 is 2.08 bits per heavy atom. The zero-order chi connectivity index (χ0) is 9.68. The van der Waals surface area contributed by atoms with Gasteiger partial charge in [-0.25, -0.2) is 0 Å². The highest BCUT2D eigenvalue weighted by Crippen LogP contribution is 2.06. The highest BCUT2D eigenvalue weighted by Gasteiger charge is 2.09. The van der Waals surface area contributed by atoms with Gasteiger partial charge in [0.1, 0.15) is 6.61 Å². The fraction of sp³-hybridized carbons (Fsp3) is 0.300. The molecule has 0 aliphatic heterocycles. The van der Waals surface area contributed by atoms with Crippen molar-refractivity contribution in [2.45, 2.75) is 13.0 Å². The maximum Gasteiger partial charge on any atom is 0.179 e. The monoisotopic (exact) mass is 179 g/mol. The maximum absolute atomic E-state index is 11.0. The number of para-hydroxylation sites is 1. The fourth-order valence-electron chi connectivity index (χ4n) is 1.00. The van der Waals surface area contributed by atoms with Crippen molar-refractivity contribution < 1.29 is 9.90 Å². The molecule has 3 nitrogen and oxygen atoms in total. The van der Waals surface area contributed by atoms with E-state index in [9.17, 15) is 4.79 Å². The third-order valence-corrected chi connectivity index (χ3v) is 1.80. The normalized spacial score (nSPS) is 12.2. The minimum absolute atomic E-state index is 0.205. The SMILES string of the molecule is C[C@H](Nc1ccccc1)C(=O)CO.